The van der Waals surface area contributed by atoms with Crippen LogP contribution in [0.5, 0.6) is 11.5 Å². The van der Waals surface area contributed by atoms with Gasteiger partial charge >= 0.3 is 0 Å². The van der Waals surface area contributed by atoms with Crippen LogP contribution in [-0.4, -0.2) is 7.11 Å². The largest absolute Gasteiger partial charge is 0.493 e. The molecule has 0 aliphatic carbocycles. The Morgan fingerprint density at radius 3 is 2.65 bits per heavy atom. The fourth-order valence-corrected chi connectivity index (χ4v) is 2.44. The molecule has 2 aromatic rings. The first-order chi connectivity index (χ1) is 11.2. The molecule has 0 saturated carbocycles. The SMILES string of the molecule is COc1cc(/C=C/C#N)c(Br)cc1OCc1ccccc1C#N. The van der Waals surface area contributed by atoms with Gasteiger partial charge in [-0.3, -0.25) is 0 Å². The van der Waals surface area contributed by atoms with Crippen molar-refractivity contribution >= 4 is 22.0 Å². The lowest BCUT2D eigenvalue weighted by atomic mass is 10.1. The number of allylic oxidation sites excluding steroid dienone is 1. The quantitative estimate of drug-likeness (QED) is 0.731. The average Bonchev–Trinajstić information content (AvgIpc) is 2.59. The molecule has 0 unspecified atom stereocenters. The molecule has 2 rings (SSSR count). The third-order valence-electron chi connectivity index (χ3n) is 3.14. The molecule has 0 aliphatic rings. The Bertz CT molecular complexity index is 817. The molecule has 114 valence electrons. The Kier molecular flexibility index (Phi) is 5.80. The van der Waals surface area contributed by atoms with Crippen molar-refractivity contribution in [1.29, 1.82) is 10.5 Å². The molecule has 0 spiro atoms. The van der Waals surface area contributed by atoms with Crippen LogP contribution < -0.4 is 9.47 Å². The summed E-state index contributed by atoms with van der Waals surface area (Å²) in [5, 5.41) is 17.7. The van der Waals surface area contributed by atoms with Gasteiger partial charge in [0.05, 0.1) is 24.8 Å². The number of ether oxygens (including phenoxy) is 2. The molecule has 5 heteroatoms. The predicted octanol–water partition coefficient (Wildman–Crippen LogP) is 4.45. The summed E-state index contributed by atoms with van der Waals surface area (Å²) >= 11 is 3.45. The highest BCUT2D eigenvalue weighted by Crippen LogP contribution is 2.34. The molecule has 0 radical (unpaired) electrons. The molecule has 0 N–H and O–H groups in total. The highest BCUT2D eigenvalue weighted by molar-refractivity contribution is 9.10. The highest BCUT2D eigenvalue weighted by Gasteiger charge is 2.10. The van der Waals surface area contributed by atoms with Crippen LogP contribution in [0.25, 0.3) is 6.08 Å². The molecule has 0 aromatic heterocycles. The summed E-state index contributed by atoms with van der Waals surface area (Å²) in [6.45, 7) is 0.264. The monoisotopic (exact) mass is 368 g/mol. The van der Waals surface area contributed by atoms with E-state index in [1.165, 1.54) is 6.08 Å². The first-order valence-electron chi connectivity index (χ1n) is 6.74. The topological polar surface area (TPSA) is 66.0 Å². The zero-order valence-electron chi connectivity index (χ0n) is 12.4. The van der Waals surface area contributed by atoms with Gasteiger partial charge < -0.3 is 9.47 Å². The van der Waals surface area contributed by atoms with Crippen LogP contribution in [-0.2, 0) is 6.61 Å². The fraction of sp³-hybridized carbons (Fsp3) is 0.111. The third-order valence-corrected chi connectivity index (χ3v) is 3.83. The minimum Gasteiger partial charge on any atom is -0.493 e. The Morgan fingerprint density at radius 1 is 1.17 bits per heavy atom. The predicted molar refractivity (Wildman–Crippen MR) is 90.8 cm³/mol. The smallest absolute Gasteiger partial charge is 0.162 e. The summed E-state index contributed by atoms with van der Waals surface area (Å²) in [7, 11) is 1.55. The van der Waals surface area contributed by atoms with Crippen molar-refractivity contribution in [3.05, 3.63) is 63.6 Å². The van der Waals surface area contributed by atoms with Gasteiger partial charge in [0.2, 0.25) is 0 Å². The van der Waals surface area contributed by atoms with Crippen LogP contribution in [0.4, 0.5) is 0 Å². The summed E-state index contributed by atoms with van der Waals surface area (Å²) in [6, 6.07) is 14.9. The molecule has 0 saturated heterocycles. The van der Waals surface area contributed by atoms with E-state index in [9.17, 15) is 0 Å². The van der Waals surface area contributed by atoms with E-state index in [0.29, 0.717) is 17.1 Å². The van der Waals surface area contributed by atoms with Crippen LogP contribution in [0.15, 0.2) is 46.9 Å². The Balaban J connectivity index is 2.26. The van der Waals surface area contributed by atoms with E-state index in [1.807, 2.05) is 24.3 Å². The molecular weight excluding hydrogens is 356 g/mol. The number of rotatable bonds is 5. The number of benzene rings is 2. The second-order valence-electron chi connectivity index (χ2n) is 4.54. The van der Waals surface area contributed by atoms with Crippen LogP contribution in [0.3, 0.4) is 0 Å². The molecule has 2 aromatic carbocycles. The first kappa shape index (κ1) is 16.6. The van der Waals surface area contributed by atoms with Crippen molar-refractivity contribution in [3.63, 3.8) is 0 Å². The van der Waals surface area contributed by atoms with E-state index in [4.69, 9.17) is 20.0 Å². The molecule has 0 bridgehead atoms. The summed E-state index contributed by atoms with van der Waals surface area (Å²) < 4.78 is 11.9. The third kappa shape index (κ3) is 4.12. The molecule has 0 amide bonds. The van der Waals surface area contributed by atoms with Gasteiger partial charge in [-0.25, -0.2) is 0 Å². The van der Waals surface area contributed by atoms with Gasteiger partial charge in [-0.2, -0.15) is 10.5 Å². The lowest BCUT2D eigenvalue weighted by molar-refractivity contribution is 0.284. The van der Waals surface area contributed by atoms with E-state index >= 15 is 0 Å². The highest BCUT2D eigenvalue weighted by atomic mass is 79.9. The zero-order chi connectivity index (χ0) is 16.7. The summed E-state index contributed by atoms with van der Waals surface area (Å²) in [6.07, 6.45) is 3.07. The first-order valence-corrected chi connectivity index (χ1v) is 7.53. The second kappa shape index (κ2) is 8.03. The van der Waals surface area contributed by atoms with E-state index in [1.54, 1.807) is 31.4 Å². The number of methoxy groups -OCH3 is 1. The van der Waals surface area contributed by atoms with Gasteiger partial charge in [-0.1, -0.05) is 34.1 Å². The minimum absolute atomic E-state index is 0.264. The number of hydrogen-bond acceptors (Lipinski definition) is 4. The minimum atomic E-state index is 0.264. The molecule has 23 heavy (non-hydrogen) atoms. The molecule has 0 fully saturated rings. The zero-order valence-corrected chi connectivity index (χ0v) is 14.0. The van der Waals surface area contributed by atoms with Crippen LogP contribution >= 0.6 is 15.9 Å². The van der Waals surface area contributed by atoms with Gasteiger partial charge in [0.15, 0.2) is 11.5 Å². The number of hydrogen-bond donors (Lipinski definition) is 0. The Hall–Kier alpha value is -2.76. The molecular formula is C18H13BrN2O2. The number of nitrogens with zero attached hydrogens (tertiary/aromatic N) is 2. The van der Waals surface area contributed by atoms with Crippen LogP contribution in [0.2, 0.25) is 0 Å². The van der Waals surface area contributed by atoms with Crippen molar-refractivity contribution in [3.8, 4) is 23.6 Å². The number of halogens is 1. The fourth-order valence-electron chi connectivity index (χ4n) is 1.99. The van der Waals surface area contributed by atoms with Crippen molar-refractivity contribution < 1.29 is 9.47 Å². The standard InChI is InChI=1S/C18H13BrN2O2/c1-22-17-9-13(7-4-8-20)16(19)10-18(17)23-12-15-6-3-2-5-14(15)11-21/h2-7,9-10H,12H2,1H3/b7-4+. The van der Waals surface area contributed by atoms with Crippen molar-refractivity contribution in [2.45, 2.75) is 6.61 Å². The van der Waals surface area contributed by atoms with Crippen molar-refractivity contribution in [2.24, 2.45) is 0 Å². The van der Waals surface area contributed by atoms with E-state index in [0.717, 1.165) is 15.6 Å². The maximum atomic E-state index is 9.11. The molecule has 0 atom stereocenters. The molecule has 0 heterocycles. The normalized spacial score (nSPS) is 10.1. The summed E-state index contributed by atoms with van der Waals surface area (Å²) in [5.74, 6) is 1.11. The van der Waals surface area contributed by atoms with Gasteiger partial charge in [0.25, 0.3) is 0 Å². The summed E-state index contributed by atoms with van der Waals surface area (Å²) in [4.78, 5) is 0. The van der Waals surface area contributed by atoms with Gasteiger partial charge in [-0.05, 0) is 29.8 Å². The lowest BCUT2D eigenvalue weighted by Crippen LogP contribution is -2.00. The maximum absolute atomic E-state index is 9.11. The number of nitriles is 2. The Morgan fingerprint density at radius 2 is 1.96 bits per heavy atom. The van der Waals surface area contributed by atoms with Gasteiger partial charge in [-0.15, -0.1) is 0 Å². The van der Waals surface area contributed by atoms with Gasteiger partial charge in [0.1, 0.15) is 6.61 Å². The average molecular weight is 369 g/mol. The van der Waals surface area contributed by atoms with Crippen molar-refractivity contribution in [1.82, 2.24) is 0 Å². The van der Waals surface area contributed by atoms with Gasteiger partial charge in [0, 0.05) is 16.1 Å². The van der Waals surface area contributed by atoms with E-state index in [2.05, 4.69) is 22.0 Å². The lowest BCUT2D eigenvalue weighted by Gasteiger charge is -2.13. The van der Waals surface area contributed by atoms with Crippen molar-refractivity contribution in [2.75, 3.05) is 7.11 Å². The second-order valence-corrected chi connectivity index (χ2v) is 5.40. The van der Waals surface area contributed by atoms with E-state index < -0.39 is 0 Å². The molecule has 0 aliphatic heterocycles. The van der Waals surface area contributed by atoms with Crippen LogP contribution in [0.1, 0.15) is 16.7 Å². The Labute approximate surface area is 143 Å². The summed E-state index contributed by atoms with van der Waals surface area (Å²) in [5.41, 5.74) is 2.20. The molecule has 4 nitrogen and oxygen atoms in total. The van der Waals surface area contributed by atoms with E-state index in [-0.39, 0.29) is 6.61 Å². The van der Waals surface area contributed by atoms with Crippen LogP contribution in [0, 0.1) is 22.7 Å². The maximum Gasteiger partial charge on any atom is 0.162 e.